The highest BCUT2D eigenvalue weighted by Crippen LogP contribution is 2.30. The fourth-order valence-electron chi connectivity index (χ4n) is 1.53. The molecule has 0 aliphatic rings. The lowest BCUT2D eigenvalue weighted by molar-refractivity contribution is 1.09. The topological polar surface area (TPSA) is 0 Å². The van der Waals surface area contributed by atoms with E-state index in [0.717, 1.165) is 5.75 Å². The van der Waals surface area contributed by atoms with E-state index in [1.807, 2.05) is 36.0 Å². The first kappa shape index (κ1) is 9.98. The quantitative estimate of drug-likeness (QED) is 0.733. The molecule has 0 saturated heterocycles. The van der Waals surface area contributed by atoms with Crippen molar-refractivity contribution in [3.8, 4) is 0 Å². The van der Waals surface area contributed by atoms with Crippen LogP contribution in [0, 0.1) is 0 Å². The van der Waals surface area contributed by atoms with Crippen LogP contribution in [0.15, 0.2) is 60.7 Å². The molecule has 0 aliphatic heterocycles. The van der Waals surface area contributed by atoms with Crippen LogP contribution in [0.25, 0.3) is 0 Å². The second-order valence-corrected chi connectivity index (χ2v) is 4.89. The van der Waals surface area contributed by atoms with Crippen molar-refractivity contribution in [1.29, 1.82) is 0 Å². The average molecular weight is 229 g/mol. The van der Waals surface area contributed by atoms with Gasteiger partial charge in [-0.2, -0.15) is 0 Å². The van der Waals surface area contributed by atoms with E-state index in [1.54, 1.807) is 0 Å². The Morgan fingerprint density at radius 1 is 1.00 bits per heavy atom. The molecule has 0 aliphatic carbocycles. The zero-order valence-corrected chi connectivity index (χ0v) is 9.99. The molecule has 0 aromatic heterocycles. The fourth-order valence-corrected chi connectivity index (χ4v) is 2.47. The van der Waals surface area contributed by atoms with Gasteiger partial charge in [0.1, 0.15) is 0 Å². The number of thioether (sulfide) groups is 1. The standard InChI is InChI=1S/C15H16S/c1-13(15-10-6-3-7-11-15)16-12-14-8-4-2-5-9-14/h2-11,13H,12H2,1H3/i1D. The Balaban J connectivity index is 1.97. The van der Waals surface area contributed by atoms with Gasteiger partial charge in [-0.05, 0) is 18.0 Å². The molecule has 0 nitrogen and oxygen atoms in total. The molecule has 1 atom stereocenters. The summed E-state index contributed by atoms with van der Waals surface area (Å²) in [5, 5.41) is 0.274. The van der Waals surface area contributed by atoms with Crippen LogP contribution in [-0.4, -0.2) is 0 Å². The smallest absolute Gasteiger partial charge is 0.0272 e. The summed E-state index contributed by atoms with van der Waals surface area (Å²) in [6.07, 6.45) is 0. The summed E-state index contributed by atoms with van der Waals surface area (Å²) in [7, 11) is 0. The van der Waals surface area contributed by atoms with Gasteiger partial charge < -0.3 is 0 Å². The van der Waals surface area contributed by atoms with Crippen molar-refractivity contribution in [1.82, 2.24) is 0 Å². The first-order valence-corrected chi connectivity index (χ1v) is 6.44. The van der Waals surface area contributed by atoms with Gasteiger partial charge in [-0.1, -0.05) is 60.7 Å². The zero-order chi connectivity index (χ0) is 11.9. The van der Waals surface area contributed by atoms with Gasteiger partial charge in [-0.3, -0.25) is 0 Å². The molecule has 0 amide bonds. The van der Waals surface area contributed by atoms with Crippen molar-refractivity contribution in [2.45, 2.75) is 17.9 Å². The van der Waals surface area contributed by atoms with Gasteiger partial charge in [0.05, 0.1) is 0 Å². The van der Waals surface area contributed by atoms with E-state index in [4.69, 9.17) is 1.37 Å². The third-order valence-corrected chi connectivity index (χ3v) is 3.64. The number of benzene rings is 2. The Labute approximate surface area is 103 Å². The van der Waals surface area contributed by atoms with Crippen molar-refractivity contribution < 1.29 is 1.37 Å². The van der Waals surface area contributed by atoms with Gasteiger partial charge in [0.25, 0.3) is 0 Å². The predicted molar refractivity (Wildman–Crippen MR) is 72.6 cm³/mol. The highest BCUT2D eigenvalue weighted by molar-refractivity contribution is 7.98. The van der Waals surface area contributed by atoms with Crippen molar-refractivity contribution in [2.24, 2.45) is 0 Å². The van der Waals surface area contributed by atoms with Crippen LogP contribution < -0.4 is 0 Å². The summed E-state index contributed by atoms with van der Waals surface area (Å²) in [6.45, 7) is 0.432. The van der Waals surface area contributed by atoms with Gasteiger partial charge in [-0.15, -0.1) is 11.8 Å². The van der Waals surface area contributed by atoms with Crippen LogP contribution in [-0.2, 0) is 5.75 Å². The maximum absolute atomic E-state index is 7.64. The van der Waals surface area contributed by atoms with Gasteiger partial charge in [-0.25, -0.2) is 0 Å². The third kappa shape index (κ3) is 3.14. The Bertz CT molecular complexity index is 427. The van der Waals surface area contributed by atoms with E-state index in [-0.39, 0.29) is 5.25 Å². The molecule has 0 saturated carbocycles. The summed E-state index contributed by atoms with van der Waals surface area (Å²) in [5.74, 6) is 0.972. The fraction of sp³-hybridized carbons (Fsp3) is 0.200. The normalized spacial score (nSPS) is 13.1. The highest BCUT2D eigenvalue weighted by Gasteiger charge is 2.04. The third-order valence-electron chi connectivity index (χ3n) is 2.47. The molecule has 2 rings (SSSR count). The van der Waals surface area contributed by atoms with Crippen LogP contribution in [0.4, 0.5) is 0 Å². The summed E-state index contributed by atoms with van der Waals surface area (Å²) in [5.41, 5.74) is 2.58. The molecule has 2 aromatic rings. The molecule has 0 spiro atoms. The lowest BCUT2D eigenvalue weighted by atomic mass is 10.2. The summed E-state index contributed by atoms with van der Waals surface area (Å²) >= 11 is 1.84. The molecule has 0 fully saturated rings. The Morgan fingerprint density at radius 3 is 2.25 bits per heavy atom. The lowest BCUT2D eigenvalue weighted by Crippen LogP contribution is -1.89. The van der Waals surface area contributed by atoms with Crippen molar-refractivity contribution in [3.05, 3.63) is 71.8 Å². The minimum Gasteiger partial charge on any atom is -0.149 e. The molecule has 1 unspecified atom stereocenters. The Kier molecular flexibility index (Phi) is 3.59. The number of rotatable bonds is 4. The zero-order valence-electron chi connectivity index (χ0n) is 10.2. The van der Waals surface area contributed by atoms with E-state index in [9.17, 15) is 0 Å². The van der Waals surface area contributed by atoms with E-state index >= 15 is 0 Å². The van der Waals surface area contributed by atoms with Crippen LogP contribution in [0.3, 0.4) is 0 Å². The molecule has 2 aromatic carbocycles. The second-order valence-electron chi connectivity index (χ2n) is 3.70. The second kappa shape index (κ2) is 5.76. The predicted octanol–water partition coefficient (Wildman–Crippen LogP) is 4.68. The van der Waals surface area contributed by atoms with Crippen LogP contribution in [0.5, 0.6) is 0 Å². The van der Waals surface area contributed by atoms with Crippen LogP contribution >= 0.6 is 11.8 Å². The van der Waals surface area contributed by atoms with Gasteiger partial charge >= 0.3 is 0 Å². The van der Waals surface area contributed by atoms with Crippen LogP contribution in [0.2, 0.25) is 0 Å². The molecule has 82 valence electrons. The van der Waals surface area contributed by atoms with E-state index in [0.29, 0.717) is 6.90 Å². The molecular weight excluding hydrogens is 212 g/mol. The first-order valence-electron chi connectivity index (χ1n) is 6.10. The summed E-state index contributed by atoms with van der Waals surface area (Å²) < 4.78 is 7.64. The molecule has 16 heavy (non-hydrogen) atoms. The van der Waals surface area contributed by atoms with Crippen LogP contribution in [0.1, 0.15) is 24.6 Å². The summed E-state index contributed by atoms with van der Waals surface area (Å²) in [6, 6.07) is 20.8. The molecule has 0 heterocycles. The minimum atomic E-state index is 0.274. The van der Waals surface area contributed by atoms with Gasteiger partial charge in [0.15, 0.2) is 0 Å². The van der Waals surface area contributed by atoms with E-state index in [1.165, 1.54) is 11.1 Å². The average Bonchev–Trinajstić information content (AvgIpc) is 2.42. The Hall–Kier alpha value is -1.21. The first-order chi connectivity index (χ1) is 8.40. The number of hydrogen-bond donors (Lipinski definition) is 0. The molecule has 0 bridgehead atoms. The van der Waals surface area contributed by atoms with Crippen molar-refractivity contribution >= 4 is 11.8 Å². The van der Waals surface area contributed by atoms with E-state index < -0.39 is 0 Å². The van der Waals surface area contributed by atoms with Crippen molar-refractivity contribution in [2.75, 3.05) is 0 Å². The molecule has 0 N–H and O–H groups in total. The molecule has 0 radical (unpaired) electrons. The van der Waals surface area contributed by atoms with Gasteiger partial charge in [0.2, 0.25) is 0 Å². The maximum Gasteiger partial charge on any atom is 0.0272 e. The largest absolute Gasteiger partial charge is 0.149 e. The molecular formula is C15H16S. The lowest BCUT2D eigenvalue weighted by Gasteiger charge is -2.11. The summed E-state index contributed by atoms with van der Waals surface area (Å²) in [4.78, 5) is 0. The Morgan fingerprint density at radius 2 is 1.62 bits per heavy atom. The molecule has 1 heteroatoms. The number of hydrogen-bond acceptors (Lipinski definition) is 1. The van der Waals surface area contributed by atoms with Crippen molar-refractivity contribution in [3.63, 3.8) is 0 Å². The SMILES string of the molecule is [2H]CC(SCc1ccccc1)c1ccccc1. The highest BCUT2D eigenvalue weighted by atomic mass is 32.2. The van der Waals surface area contributed by atoms with Gasteiger partial charge in [0, 0.05) is 12.4 Å². The van der Waals surface area contributed by atoms with E-state index in [2.05, 4.69) is 36.4 Å². The monoisotopic (exact) mass is 229 g/mol. The maximum atomic E-state index is 7.64. The minimum absolute atomic E-state index is 0.274.